The number of hydrogen-bond acceptors (Lipinski definition) is 6. The van der Waals surface area contributed by atoms with Gasteiger partial charge in [0.25, 0.3) is 5.91 Å². The molecule has 0 atom stereocenters. The number of carbonyl (C=O) groups excluding carboxylic acids is 1. The average molecular weight is 465 g/mol. The molecule has 1 aliphatic heterocycles. The lowest BCUT2D eigenvalue weighted by Crippen LogP contribution is -2.31. The predicted molar refractivity (Wildman–Crippen MR) is 127 cm³/mol. The fourth-order valence-corrected chi connectivity index (χ4v) is 6.23. The van der Waals surface area contributed by atoms with Crippen LogP contribution in [-0.4, -0.2) is 49.8 Å². The summed E-state index contributed by atoms with van der Waals surface area (Å²) >= 11 is 1.39. The zero-order valence-electron chi connectivity index (χ0n) is 18.9. The van der Waals surface area contributed by atoms with E-state index >= 15 is 0 Å². The number of aryl methyl sites for hydroxylation is 1. The van der Waals surface area contributed by atoms with Gasteiger partial charge in [-0.2, -0.15) is 4.31 Å². The second-order valence-electron chi connectivity index (χ2n) is 8.04. The molecule has 1 saturated heterocycles. The van der Waals surface area contributed by atoms with E-state index in [1.54, 1.807) is 12.1 Å². The molecular formula is C22H32N4O3S2. The number of nitrogens with zero attached hydrogens (tertiary/aromatic N) is 3. The molecule has 1 N–H and O–H groups in total. The highest BCUT2D eigenvalue weighted by molar-refractivity contribution is 7.89. The molecule has 2 heterocycles. The zero-order chi connectivity index (χ0) is 22.8. The maximum Gasteiger partial charge on any atom is 0.267 e. The second kappa shape index (κ2) is 9.67. The van der Waals surface area contributed by atoms with Crippen molar-refractivity contribution in [2.45, 2.75) is 58.3 Å². The fraction of sp³-hybridized carbons (Fsp3) is 0.545. The fourth-order valence-electron chi connectivity index (χ4n) is 3.78. The van der Waals surface area contributed by atoms with Crippen LogP contribution in [0.2, 0.25) is 0 Å². The van der Waals surface area contributed by atoms with Crippen LogP contribution in [0, 0.1) is 6.92 Å². The van der Waals surface area contributed by atoms with Crippen LogP contribution in [0.1, 0.15) is 66.8 Å². The topological polar surface area (TPSA) is 82.6 Å². The monoisotopic (exact) mass is 464 g/mol. The Balaban J connectivity index is 2.00. The third-order valence-corrected chi connectivity index (χ3v) is 9.02. The van der Waals surface area contributed by atoms with Crippen LogP contribution in [0.5, 0.6) is 0 Å². The number of amides is 1. The van der Waals surface area contributed by atoms with Crippen molar-refractivity contribution in [3.05, 3.63) is 33.8 Å². The Hall–Kier alpha value is -1.97. The van der Waals surface area contributed by atoms with E-state index in [0.29, 0.717) is 29.3 Å². The van der Waals surface area contributed by atoms with E-state index in [1.165, 1.54) is 15.6 Å². The van der Waals surface area contributed by atoms with E-state index in [9.17, 15) is 13.2 Å². The lowest BCUT2D eigenvalue weighted by molar-refractivity contribution is 0.102. The first-order chi connectivity index (χ1) is 14.7. The molecule has 0 saturated carbocycles. The molecule has 0 radical (unpaired) electrons. The Labute approximate surface area is 189 Å². The van der Waals surface area contributed by atoms with Crippen molar-refractivity contribution in [2.24, 2.45) is 0 Å². The summed E-state index contributed by atoms with van der Waals surface area (Å²) in [7, 11) is -3.63. The van der Waals surface area contributed by atoms with Gasteiger partial charge in [-0.15, -0.1) is 11.3 Å². The number of anilines is 2. The number of sulfonamides is 1. The van der Waals surface area contributed by atoms with Gasteiger partial charge < -0.3 is 10.2 Å². The van der Waals surface area contributed by atoms with Crippen molar-refractivity contribution in [1.29, 1.82) is 0 Å². The van der Waals surface area contributed by atoms with Gasteiger partial charge in [0, 0.05) is 32.1 Å². The normalized spacial score (nSPS) is 14.6. The SMILES string of the molecule is CCN(CC)S(=O)(=O)c1ccc(N2CCCC2)c(NC(=O)c2sc(C(C)C)nc2C)c1. The Kier molecular flexibility index (Phi) is 7.39. The zero-order valence-corrected chi connectivity index (χ0v) is 20.6. The van der Waals surface area contributed by atoms with Gasteiger partial charge in [0.1, 0.15) is 4.88 Å². The molecule has 3 rings (SSSR count). The number of hydrogen-bond donors (Lipinski definition) is 1. The highest BCUT2D eigenvalue weighted by atomic mass is 32.2. The first-order valence-electron chi connectivity index (χ1n) is 10.9. The summed E-state index contributed by atoms with van der Waals surface area (Å²) in [5, 5.41) is 3.91. The molecule has 0 bridgehead atoms. The minimum absolute atomic E-state index is 0.193. The molecule has 170 valence electrons. The van der Waals surface area contributed by atoms with Gasteiger partial charge in [0.05, 0.1) is 27.0 Å². The van der Waals surface area contributed by atoms with Crippen LogP contribution in [0.4, 0.5) is 11.4 Å². The molecule has 2 aromatic rings. The van der Waals surface area contributed by atoms with Crippen molar-refractivity contribution < 1.29 is 13.2 Å². The lowest BCUT2D eigenvalue weighted by Gasteiger charge is -2.24. The van der Waals surface area contributed by atoms with Crippen molar-refractivity contribution in [1.82, 2.24) is 9.29 Å². The van der Waals surface area contributed by atoms with E-state index in [-0.39, 0.29) is 16.7 Å². The maximum atomic E-state index is 13.1. The summed E-state index contributed by atoms with van der Waals surface area (Å²) in [4.78, 5) is 20.6. The molecule has 7 nitrogen and oxygen atoms in total. The van der Waals surface area contributed by atoms with Crippen molar-refractivity contribution >= 4 is 38.6 Å². The molecule has 1 aliphatic rings. The number of nitrogens with one attached hydrogen (secondary N) is 1. The summed E-state index contributed by atoms with van der Waals surface area (Å²) in [5.41, 5.74) is 2.08. The van der Waals surface area contributed by atoms with Crippen molar-refractivity contribution in [3.8, 4) is 0 Å². The minimum atomic E-state index is -3.63. The lowest BCUT2D eigenvalue weighted by atomic mass is 10.2. The second-order valence-corrected chi connectivity index (χ2v) is 11.0. The molecule has 1 amide bonds. The Morgan fingerprint density at radius 3 is 2.42 bits per heavy atom. The molecule has 31 heavy (non-hydrogen) atoms. The Morgan fingerprint density at radius 1 is 1.23 bits per heavy atom. The summed E-state index contributed by atoms with van der Waals surface area (Å²) < 4.78 is 27.5. The van der Waals surface area contributed by atoms with Gasteiger partial charge in [-0.3, -0.25) is 4.79 Å². The van der Waals surface area contributed by atoms with Gasteiger partial charge in [-0.05, 0) is 38.0 Å². The highest BCUT2D eigenvalue weighted by Crippen LogP contribution is 2.33. The van der Waals surface area contributed by atoms with Crippen LogP contribution in [0.25, 0.3) is 0 Å². The van der Waals surface area contributed by atoms with Crippen molar-refractivity contribution in [3.63, 3.8) is 0 Å². The molecule has 1 aromatic heterocycles. The van der Waals surface area contributed by atoms with Crippen LogP contribution in [0.3, 0.4) is 0 Å². The van der Waals surface area contributed by atoms with Gasteiger partial charge in [-0.1, -0.05) is 27.7 Å². The van der Waals surface area contributed by atoms with Gasteiger partial charge in [0.2, 0.25) is 10.0 Å². The first kappa shape index (κ1) is 23.7. The number of carbonyl (C=O) groups is 1. The molecule has 1 fully saturated rings. The number of thiazole rings is 1. The van der Waals surface area contributed by atoms with Gasteiger partial charge >= 0.3 is 0 Å². The highest BCUT2D eigenvalue weighted by Gasteiger charge is 2.26. The minimum Gasteiger partial charge on any atom is -0.370 e. The molecule has 0 spiro atoms. The van der Waals surface area contributed by atoms with E-state index in [2.05, 4.69) is 15.2 Å². The summed E-state index contributed by atoms with van der Waals surface area (Å²) in [6, 6.07) is 5.06. The van der Waals surface area contributed by atoms with E-state index in [0.717, 1.165) is 36.6 Å². The smallest absolute Gasteiger partial charge is 0.267 e. The van der Waals surface area contributed by atoms with E-state index in [4.69, 9.17) is 0 Å². The maximum absolute atomic E-state index is 13.1. The quantitative estimate of drug-likeness (QED) is 0.624. The number of rotatable bonds is 8. The van der Waals surface area contributed by atoms with E-state index < -0.39 is 10.0 Å². The average Bonchev–Trinajstić information content (AvgIpc) is 3.38. The van der Waals surface area contributed by atoms with E-state index in [1.807, 2.05) is 40.7 Å². The largest absolute Gasteiger partial charge is 0.370 e. The van der Waals surface area contributed by atoms with Crippen LogP contribution in [-0.2, 0) is 10.0 Å². The Morgan fingerprint density at radius 2 is 1.87 bits per heavy atom. The van der Waals surface area contributed by atoms with Gasteiger partial charge in [-0.25, -0.2) is 13.4 Å². The third kappa shape index (κ3) is 4.94. The summed E-state index contributed by atoms with van der Waals surface area (Å²) in [5.74, 6) is -0.00677. The Bertz CT molecular complexity index is 1040. The number of benzene rings is 1. The van der Waals surface area contributed by atoms with Gasteiger partial charge in [0.15, 0.2) is 0 Å². The predicted octanol–water partition coefficient (Wildman–Crippen LogP) is 4.46. The number of aromatic nitrogens is 1. The summed E-state index contributed by atoms with van der Waals surface area (Å²) in [6.45, 7) is 12.1. The van der Waals surface area contributed by atoms with Crippen LogP contribution in [0.15, 0.2) is 23.1 Å². The standard InChI is InChI=1S/C22H32N4O3S2/c1-6-26(7-2)31(28,29)17-10-11-19(25-12-8-9-13-25)18(14-17)24-21(27)20-16(5)23-22(30-20)15(3)4/h10-11,14-15H,6-9,12-13H2,1-5H3,(H,24,27). The van der Waals surface area contributed by atoms with Crippen LogP contribution < -0.4 is 10.2 Å². The molecule has 1 aromatic carbocycles. The third-order valence-electron chi connectivity index (χ3n) is 5.52. The first-order valence-corrected chi connectivity index (χ1v) is 13.1. The summed E-state index contributed by atoms with van der Waals surface area (Å²) in [6.07, 6.45) is 2.16. The van der Waals surface area contributed by atoms with Crippen LogP contribution >= 0.6 is 11.3 Å². The van der Waals surface area contributed by atoms with Crippen molar-refractivity contribution in [2.75, 3.05) is 36.4 Å². The molecule has 9 heteroatoms. The molecule has 0 unspecified atom stereocenters. The molecule has 0 aliphatic carbocycles. The molecular weight excluding hydrogens is 432 g/mol.